The quantitative estimate of drug-likeness (QED) is 0.832. The molecule has 0 aromatic carbocycles. The van der Waals surface area contributed by atoms with E-state index in [9.17, 15) is 9.59 Å². The Labute approximate surface area is 139 Å². The summed E-state index contributed by atoms with van der Waals surface area (Å²) >= 11 is 0. The largest absolute Gasteiger partial charge is 0.378 e. The first-order chi connectivity index (χ1) is 11.4. The van der Waals surface area contributed by atoms with Gasteiger partial charge in [-0.15, -0.1) is 0 Å². The van der Waals surface area contributed by atoms with Crippen molar-refractivity contribution in [1.29, 1.82) is 0 Å². The second-order valence-corrected chi connectivity index (χ2v) is 6.51. The molecule has 0 aliphatic carbocycles. The minimum Gasteiger partial charge on any atom is -0.378 e. The maximum Gasteiger partial charge on any atom is 0.285 e. The average molecular weight is 333 g/mol. The molecule has 8 nitrogen and oxygen atoms in total. The fourth-order valence-electron chi connectivity index (χ4n) is 3.08. The molecule has 1 fully saturated rings. The van der Waals surface area contributed by atoms with E-state index in [4.69, 9.17) is 4.74 Å². The van der Waals surface area contributed by atoms with E-state index in [-0.39, 0.29) is 17.7 Å². The number of carbonyl (C=O) groups excluding carboxylic acids is 1. The summed E-state index contributed by atoms with van der Waals surface area (Å²) in [5, 5.41) is 5.81. The van der Waals surface area contributed by atoms with Crippen LogP contribution < -0.4 is 10.9 Å². The molecule has 2 atom stereocenters. The van der Waals surface area contributed by atoms with E-state index in [0.29, 0.717) is 18.2 Å². The summed E-state index contributed by atoms with van der Waals surface area (Å²) in [6.45, 7) is 7.49. The molecule has 2 aromatic rings. The molecular formula is C16H23N5O3. The molecule has 1 aliphatic rings. The van der Waals surface area contributed by atoms with E-state index in [2.05, 4.69) is 34.1 Å². The van der Waals surface area contributed by atoms with Crippen molar-refractivity contribution in [1.82, 2.24) is 24.8 Å². The maximum atomic E-state index is 12.6. The fourth-order valence-corrected chi connectivity index (χ4v) is 3.08. The van der Waals surface area contributed by atoms with Crippen LogP contribution in [-0.2, 0) is 4.74 Å². The molecule has 130 valence electrons. The number of likely N-dealkylation sites (tertiary alicyclic amines) is 1. The highest BCUT2D eigenvalue weighted by atomic mass is 16.5. The number of nitrogens with one attached hydrogen (secondary N) is 2. The summed E-state index contributed by atoms with van der Waals surface area (Å²) in [6.07, 6.45) is 1.24. The maximum absolute atomic E-state index is 12.6. The summed E-state index contributed by atoms with van der Waals surface area (Å²) in [7, 11) is 1.64. The molecule has 1 amide bonds. The summed E-state index contributed by atoms with van der Waals surface area (Å²) in [5.41, 5.74) is 0.918. The lowest BCUT2D eigenvalue weighted by molar-refractivity contribution is 0.0752. The van der Waals surface area contributed by atoms with Crippen LogP contribution in [0.5, 0.6) is 0 Å². The van der Waals surface area contributed by atoms with Gasteiger partial charge >= 0.3 is 0 Å². The number of carbonyl (C=O) groups is 1. The van der Waals surface area contributed by atoms with E-state index < -0.39 is 11.5 Å². The lowest BCUT2D eigenvalue weighted by Gasteiger charge is -2.19. The van der Waals surface area contributed by atoms with Gasteiger partial charge < -0.3 is 10.1 Å². The number of ether oxygens (including phenoxy) is 1. The first-order valence-electron chi connectivity index (χ1n) is 8.05. The summed E-state index contributed by atoms with van der Waals surface area (Å²) in [6, 6.07) is 1.96. The highest BCUT2D eigenvalue weighted by Crippen LogP contribution is 2.16. The van der Waals surface area contributed by atoms with Gasteiger partial charge in [0.1, 0.15) is 5.56 Å². The van der Waals surface area contributed by atoms with Gasteiger partial charge in [-0.25, -0.2) is 9.50 Å². The Bertz CT molecular complexity index is 810. The summed E-state index contributed by atoms with van der Waals surface area (Å²) < 4.78 is 6.77. The molecule has 0 spiro atoms. The standard InChI is InChI=1S/C16H23N5O3/c1-9(2)20-7-12(13(8-20)24-4)18-15(22)11-6-17-14-5-10(3)19-21(14)16(11)23/h5-6,9,12-13,19H,7-8H2,1-4H3,(H,18,22)/t12-,13-/m0/s1. The molecular weight excluding hydrogens is 310 g/mol. The Hall–Kier alpha value is -2.19. The molecule has 24 heavy (non-hydrogen) atoms. The molecule has 1 aliphatic heterocycles. The number of fused-ring (bicyclic) bond motifs is 1. The van der Waals surface area contributed by atoms with Crippen molar-refractivity contribution in [2.24, 2.45) is 0 Å². The van der Waals surface area contributed by atoms with Crippen LogP contribution in [0.25, 0.3) is 5.65 Å². The lowest BCUT2D eigenvalue weighted by Crippen LogP contribution is -2.45. The van der Waals surface area contributed by atoms with Crippen LogP contribution in [0, 0.1) is 6.92 Å². The van der Waals surface area contributed by atoms with Crippen molar-refractivity contribution >= 4 is 11.6 Å². The van der Waals surface area contributed by atoms with Crippen molar-refractivity contribution in [3.8, 4) is 0 Å². The number of nitrogens with zero attached hydrogens (tertiary/aromatic N) is 3. The average Bonchev–Trinajstić information content (AvgIpc) is 3.10. The van der Waals surface area contributed by atoms with Crippen LogP contribution in [0.15, 0.2) is 17.1 Å². The third kappa shape index (κ3) is 2.94. The zero-order valence-corrected chi connectivity index (χ0v) is 14.4. The van der Waals surface area contributed by atoms with E-state index in [0.717, 1.165) is 12.2 Å². The predicted octanol–water partition coefficient (Wildman–Crippen LogP) is 0.168. The van der Waals surface area contributed by atoms with Gasteiger partial charge in [0.05, 0.1) is 12.1 Å². The van der Waals surface area contributed by atoms with E-state index >= 15 is 0 Å². The van der Waals surface area contributed by atoms with Gasteiger partial charge in [-0.3, -0.25) is 19.6 Å². The Kier molecular flexibility index (Phi) is 4.42. The van der Waals surface area contributed by atoms with E-state index in [1.807, 2.05) is 6.92 Å². The molecule has 2 aromatic heterocycles. The first kappa shape index (κ1) is 16.7. The van der Waals surface area contributed by atoms with Gasteiger partial charge in [0.25, 0.3) is 11.5 Å². The second kappa shape index (κ2) is 6.37. The number of hydrogen-bond acceptors (Lipinski definition) is 5. The monoisotopic (exact) mass is 333 g/mol. The molecule has 2 N–H and O–H groups in total. The minimum absolute atomic E-state index is 0.0206. The van der Waals surface area contributed by atoms with Gasteiger partial charge in [0.2, 0.25) is 0 Å². The van der Waals surface area contributed by atoms with Crippen LogP contribution in [0.3, 0.4) is 0 Å². The molecule has 0 radical (unpaired) electrons. The Balaban J connectivity index is 1.82. The Morgan fingerprint density at radius 3 is 2.88 bits per heavy atom. The normalized spacial score (nSPS) is 21.7. The van der Waals surface area contributed by atoms with Crippen molar-refractivity contribution in [3.05, 3.63) is 33.9 Å². The molecule has 8 heteroatoms. The minimum atomic E-state index is -0.424. The number of rotatable bonds is 4. The van der Waals surface area contributed by atoms with Gasteiger partial charge in [-0.2, -0.15) is 0 Å². The van der Waals surface area contributed by atoms with E-state index in [1.165, 1.54) is 10.7 Å². The molecule has 3 rings (SSSR count). The van der Waals surface area contributed by atoms with Crippen molar-refractivity contribution in [2.75, 3.05) is 20.2 Å². The number of aromatic amines is 1. The molecule has 0 saturated carbocycles. The van der Waals surface area contributed by atoms with Crippen molar-refractivity contribution in [3.63, 3.8) is 0 Å². The zero-order valence-electron chi connectivity index (χ0n) is 14.4. The topological polar surface area (TPSA) is 91.7 Å². The predicted molar refractivity (Wildman–Crippen MR) is 89.3 cm³/mol. The van der Waals surface area contributed by atoms with Crippen molar-refractivity contribution < 1.29 is 9.53 Å². The van der Waals surface area contributed by atoms with Gasteiger partial charge in [-0.1, -0.05) is 0 Å². The van der Waals surface area contributed by atoms with Crippen LogP contribution in [0.4, 0.5) is 0 Å². The van der Waals surface area contributed by atoms with Gasteiger partial charge in [0.15, 0.2) is 5.65 Å². The third-order valence-electron chi connectivity index (χ3n) is 4.51. The van der Waals surface area contributed by atoms with Crippen LogP contribution in [0.1, 0.15) is 29.9 Å². The number of methoxy groups -OCH3 is 1. The van der Waals surface area contributed by atoms with E-state index in [1.54, 1.807) is 13.2 Å². The van der Waals surface area contributed by atoms with Gasteiger partial charge in [0, 0.05) is 44.2 Å². The number of aryl methyl sites for hydroxylation is 1. The number of aromatic nitrogens is 3. The Morgan fingerprint density at radius 1 is 1.46 bits per heavy atom. The van der Waals surface area contributed by atoms with Crippen LogP contribution >= 0.6 is 0 Å². The number of H-pyrrole nitrogens is 1. The summed E-state index contributed by atoms with van der Waals surface area (Å²) in [5.74, 6) is -0.424. The molecule has 0 bridgehead atoms. The molecule has 0 unspecified atom stereocenters. The third-order valence-corrected chi connectivity index (χ3v) is 4.51. The smallest absolute Gasteiger partial charge is 0.285 e. The summed E-state index contributed by atoms with van der Waals surface area (Å²) in [4.78, 5) is 31.4. The highest BCUT2D eigenvalue weighted by Gasteiger charge is 2.35. The van der Waals surface area contributed by atoms with Crippen LogP contribution in [0.2, 0.25) is 0 Å². The highest BCUT2D eigenvalue weighted by molar-refractivity contribution is 5.94. The molecule has 1 saturated heterocycles. The van der Waals surface area contributed by atoms with Gasteiger partial charge in [-0.05, 0) is 20.8 Å². The SMILES string of the molecule is CO[C@H]1CN(C(C)C)C[C@@H]1NC(=O)c1cnc2cc(C)[nH]n2c1=O. The van der Waals surface area contributed by atoms with Crippen LogP contribution in [-0.4, -0.2) is 63.8 Å². The lowest BCUT2D eigenvalue weighted by atomic mass is 10.2. The van der Waals surface area contributed by atoms with Crippen molar-refractivity contribution in [2.45, 2.75) is 39.0 Å². The fraction of sp³-hybridized carbons (Fsp3) is 0.562. The second-order valence-electron chi connectivity index (χ2n) is 6.51. The molecule has 3 heterocycles. The zero-order chi connectivity index (χ0) is 17.4. The Morgan fingerprint density at radius 2 is 2.21 bits per heavy atom. The number of hydrogen-bond donors (Lipinski definition) is 2. The number of amides is 1. The first-order valence-corrected chi connectivity index (χ1v) is 8.05.